The SMILES string of the molecule is C=CCO[C@H]1/C=C/[C@H](OC)[C@@H]2CC[C@H]2CN2C[C@@]3(CCCc4cc(Cl)ccc43)COc3ccc(cc32)C(=O)N=[S@](=O)(CC(=O)c2cn(C)nc2OC)C[C@H]1C. The third kappa shape index (κ3) is 8.15. The van der Waals surface area contributed by atoms with Gasteiger partial charge in [-0.25, -0.2) is 4.21 Å². The molecule has 0 unspecified atom stereocenters. The molecule has 13 heteroatoms. The summed E-state index contributed by atoms with van der Waals surface area (Å²) in [6.07, 6.45) is 11.5. The number of aryl methyl sites for hydroxylation is 2. The van der Waals surface area contributed by atoms with Gasteiger partial charge in [0.1, 0.15) is 11.3 Å². The normalized spacial score (nSPS) is 29.8. The van der Waals surface area contributed by atoms with Gasteiger partial charge >= 0.3 is 0 Å². The van der Waals surface area contributed by atoms with Gasteiger partial charge in [-0.2, -0.15) is 4.36 Å². The van der Waals surface area contributed by atoms with Gasteiger partial charge in [-0.1, -0.05) is 42.8 Å². The van der Waals surface area contributed by atoms with E-state index >= 15 is 4.21 Å². The highest BCUT2D eigenvalue weighted by atomic mass is 35.5. The Morgan fingerprint density at radius 2 is 1.98 bits per heavy atom. The lowest BCUT2D eigenvalue weighted by atomic mass is 9.68. The largest absolute Gasteiger partial charge is 0.490 e. The summed E-state index contributed by atoms with van der Waals surface area (Å²) in [5, 5.41) is 4.93. The molecule has 1 amide bonds. The summed E-state index contributed by atoms with van der Waals surface area (Å²) < 4.78 is 45.3. The molecular formula is C42H51ClN4O7S. The van der Waals surface area contributed by atoms with E-state index in [4.69, 9.17) is 30.5 Å². The maximum atomic E-state index is 15.0. The summed E-state index contributed by atoms with van der Waals surface area (Å²) in [6, 6.07) is 11.5. The first-order valence-corrected chi connectivity index (χ1v) is 21.3. The van der Waals surface area contributed by atoms with Crippen molar-refractivity contribution in [1.29, 1.82) is 0 Å². The van der Waals surface area contributed by atoms with Gasteiger partial charge in [0.05, 0.1) is 53.7 Å². The number of carbonyl (C=O) groups excluding carboxylic acids is 2. The van der Waals surface area contributed by atoms with Crippen LogP contribution in [0.5, 0.6) is 11.6 Å². The van der Waals surface area contributed by atoms with Crippen molar-refractivity contribution in [2.45, 2.75) is 56.7 Å². The van der Waals surface area contributed by atoms with Crippen molar-refractivity contribution < 1.29 is 32.7 Å². The van der Waals surface area contributed by atoms with Crippen LogP contribution in [-0.2, 0) is 38.1 Å². The number of fused-ring (bicyclic) bond motifs is 4. The second-order valence-corrected chi connectivity index (χ2v) is 18.4. The van der Waals surface area contributed by atoms with Crippen LogP contribution in [0.15, 0.2) is 71.8 Å². The third-order valence-electron chi connectivity index (χ3n) is 11.8. The van der Waals surface area contributed by atoms with E-state index in [0.29, 0.717) is 24.8 Å². The highest BCUT2D eigenvalue weighted by Gasteiger charge is 2.44. The molecule has 294 valence electrons. The van der Waals surface area contributed by atoms with Gasteiger partial charge in [0.2, 0.25) is 5.88 Å². The van der Waals surface area contributed by atoms with Crippen molar-refractivity contribution in [1.82, 2.24) is 9.78 Å². The molecule has 2 aromatic carbocycles. The third-order valence-corrected chi connectivity index (χ3v) is 14.3. The molecule has 1 fully saturated rings. The van der Waals surface area contributed by atoms with Gasteiger partial charge in [-0.05, 0) is 91.3 Å². The molecule has 2 aliphatic heterocycles. The van der Waals surface area contributed by atoms with Crippen molar-refractivity contribution in [2.75, 3.05) is 56.9 Å². The number of halogens is 1. The number of ketones is 1. The predicted octanol–water partition coefficient (Wildman–Crippen LogP) is 6.86. The summed E-state index contributed by atoms with van der Waals surface area (Å²) in [6.45, 7) is 7.89. The van der Waals surface area contributed by atoms with Crippen molar-refractivity contribution >= 4 is 38.7 Å². The molecule has 0 N–H and O–H groups in total. The van der Waals surface area contributed by atoms with Gasteiger partial charge in [-0.15, -0.1) is 11.7 Å². The molecule has 0 radical (unpaired) electrons. The van der Waals surface area contributed by atoms with Crippen molar-refractivity contribution in [3.8, 4) is 11.6 Å². The number of carbonyl (C=O) groups is 2. The van der Waals surface area contributed by atoms with Crippen LogP contribution in [0, 0.1) is 17.8 Å². The number of benzene rings is 2. The fourth-order valence-corrected chi connectivity index (χ4v) is 11.4. The highest BCUT2D eigenvalue weighted by molar-refractivity contribution is 7.94. The van der Waals surface area contributed by atoms with Crippen LogP contribution < -0.4 is 14.4 Å². The zero-order valence-corrected chi connectivity index (χ0v) is 33.7. The van der Waals surface area contributed by atoms with Gasteiger partial charge in [0.15, 0.2) is 5.78 Å². The number of methoxy groups -OCH3 is 2. The number of amides is 1. The molecular weight excluding hydrogens is 740 g/mol. The van der Waals surface area contributed by atoms with Crippen LogP contribution in [0.3, 0.4) is 0 Å². The maximum absolute atomic E-state index is 15.0. The van der Waals surface area contributed by atoms with E-state index < -0.39 is 39.2 Å². The minimum absolute atomic E-state index is 0.0744. The average molecular weight is 791 g/mol. The zero-order valence-electron chi connectivity index (χ0n) is 32.1. The predicted molar refractivity (Wildman–Crippen MR) is 214 cm³/mol. The Morgan fingerprint density at radius 3 is 2.73 bits per heavy atom. The standard InChI is InChI=1S/C42H51ClN4O7S/c1-6-18-53-37-15-16-38(51-4)32-12-9-30(32)21-47-25-42(17-7-8-28-19-31(43)11-13-34(28)42)26-54-39-14-10-29(20-35(39)47)40(49)45-55(50,23-27(37)2)24-36(48)33-22-46(3)44-41(33)52-5/h6,10-11,13-16,19-20,22,27,30,32,37-38H,1,7-9,12,17-18,21,23-26H2,2-5H3/b16-15+/t27-,30+,32-,37+,38+,42+,55-/m1/s1. The number of aromatic nitrogens is 2. The van der Waals surface area contributed by atoms with E-state index in [1.54, 1.807) is 26.3 Å². The van der Waals surface area contributed by atoms with E-state index in [9.17, 15) is 9.59 Å². The number of nitrogens with zero attached hydrogens (tertiary/aromatic N) is 4. The smallest absolute Gasteiger partial charge is 0.285 e. The molecule has 3 heterocycles. The molecule has 7 rings (SSSR count). The van der Waals surface area contributed by atoms with E-state index in [2.05, 4.69) is 39.1 Å². The topological polar surface area (TPSA) is 122 Å². The molecule has 1 aromatic heterocycles. The number of hydrogen-bond donors (Lipinski definition) is 0. The van der Waals surface area contributed by atoms with E-state index in [1.165, 1.54) is 29.1 Å². The molecule has 2 aliphatic carbocycles. The summed E-state index contributed by atoms with van der Waals surface area (Å²) in [7, 11) is 1.32. The Labute approximate surface area is 329 Å². The number of rotatable bonds is 8. The molecule has 11 nitrogen and oxygen atoms in total. The zero-order chi connectivity index (χ0) is 38.9. The number of ether oxygens (including phenoxy) is 4. The molecule has 2 bridgehead atoms. The first-order chi connectivity index (χ1) is 26.4. The van der Waals surface area contributed by atoms with Crippen LogP contribution in [0.25, 0.3) is 0 Å². The van der Waals surface area contributed by atoms with Crippen LogP contribution in [0.4, 0.5) is 5.69 Å². The lowest BCUT2D eigenvalue weighted by Crippen LogP contribution is -2.49. The minimum atomic E-state index is -3.51. The van der Waals surface area contributed by atoms with Crippen molar-refractivity contribution in [3.63, 3.8) is 0 Å². The van der Waals surface area contributed by atoms with Crippen LogP contribution >= 0.6 is 11.6 Å². The molecule has 1 saturated carbocycles. The molecule has 7 atom stereocenters. The highest BCUT2D eigenvalue weighted by Crippen LogP contribution is 2.47. The molecule has 1 spiro atoms. The maximum Gasteiger partial charge on any atom is 0.285 e. The summed E-state index contributed by atoms with van der Waals surface area (Å²) in [5.41, 5.74) is 3.46. The van der Waals surface area contributed by atoms with Crippen LogP contribution in [-0.4, -0.2) is 89.9 Å². The van der Waals surface area contributed by atoms with Gasteiger partial charge < -0.3 is 23.8 Å². The first kappa shape index (κ1) is 39.3. The first-order valence-electron chi connectivity index (χ1n) is 19.1. The summed E-state index contributed by atoms with van der Waals surface area (Å²) in [5.74, 6) is -0.738. The summed E-state index contributed by atoms with van der Waals surface area (Å²) >= 11 is 6.48. The lowest BCUT2D eigenvalue weighted by Gasteiger charge is -2.46. The second-order valence-electron chi connectivity index (χ2n) is 15.6. The lowest BCUT2D eigenvalue weighted by molar-refractivity contribution is 0.0115. The van der Waals surface area contributed by atoms with Crippen molar-refractivity contribution in [2.24, 2.45) is 29.2 Å². The second kappa shape index (κ2) is 16.3. The fraction of sp³-hybridized carbons (Fsp3) is 0.500. The summed E-state index contributed by atoms with van der Waals surface area (Å²) in [4.78, 5) is 30.4. The average Bonchev–Trinajstić information content (AvgIpc) is 3.47. The number of anilines is 1. The molecule has 3 aromatic rings. The Kier molecular flexibility index (Phi) is 11.6. The van der Waals surface area contributed by atoms with Crippen molar-refractivity contribution in [3.05, 3.63) is 94.7 Å². The Bertz CT molecular complexity index is 2110. The Morgan fingerprint density at radius 1 is 1.16 bits per heavy atom. The van der Waals surface area contributed by atoms with Gasteiger partial charge in [0, 0.05) is 55.2 Å². The van der Waals surface area contributed by atoms with Gasteiger partial charge in [-0.3, -0.25) is 14.3 Å². The van der Waals surface area contributed by atoms with E-state index in [-0.39, 0.29) is 46.8 Å². The Hall–Kier alpha value is -3.97. The van der Waals surface area contributed by atoms with Crippen LogP contribution in [0.1, 0.15) is 64.4 Å². The van der Waals surface area contributed by atoms with Gasteiger partial charge in [0.25, 0.3) is 5.91 Å². The van der Waals surface area contributed by atoms with E-state index in [1.807, 2.05) is 31.2 Å². The fourth-order valence-electron chi connectivity index (χ4n) is 8.92. The minimum Gasteiger partial charge on any atom is -0.490 e. The molecule has 55 heavy (non-hydrogen) atoms. The Balaban J connectivity index is 1.33. The van der Waals surface area contributed by atoms with E-state index in [0.717, 1.165) is 49.4 Å². The number of Topliss-reactive ketones (excluding diaryl/α,β-unsaturated/α-hetero) is 1. The molecule has 0 saturated heterocycles. The number of hydrogen-bond acceptors (Lipinski definition) is 9. The molecule has 4 aliphatic rings. The monoisotopic (exact) mass is 790 g/mol. The quantitative estimate of drug-likeness (QED) is 0.178. The van der Waals surface area contributed by atoms with Crippen LogP contribution in [0.2, 0.25) is 5.02 Å².